The number of hydrogen-bond donors (Lipinski definition) is 3. The van der Waals surface area contributed by atoms with Gasteiger partial charge in [0, 0.05) is 25.1 Å². The zero-order valence-electron chi connectivity index (χ0n) is 11.3. The van der Waals surface area contributed by atoms with Gasteiger partial charge in [0.1, 0.15) is 0 Å². The predicted octanol–water partition coefficient (Wildman–Crippen LogP) is 0.395. The van der Waals surface area contributed by atoms with Crippen LogP contribution in [-0.4, -0.2) is 43.5 Å². The molecule has 0 aliphatic carbocycles. The standard InChI is InChI=1S/C13H17NO6S/c15-9-1-8-14-21(19,20)11-4-2-10(3-5-11)12(16)6-7-13(17)18/h2-5,14-15H,1,6-9H2,(H,17,18). The minimum atomic E-state index is -3.67. The number of ketones is 1. The molecular formula is C13H17NO6S. The third-order valence-electron chi connectivity index (χ3n) is 2.68. The van der Waals surface area contributed by atoms with Crippen molar-refractivity contribution in [2.75, 3.05) is 13.2 Å². The van der Waals surface area contributed by atoms with Crippen LogP contribution < -0.4 is 4.72 Å². The molecule has 0 aromatic heterocycles. The van der Waals surface area contributed by atoms with E-state index in [-0.39, 0.29) is 42.2 Å². The topological polar surface area (TPSA) is 121 Å². The lowest BCUT2D eigenvalue weighted by molar-refractivity contribution is -0.136. The van der Waals surface area contributed by atoms with Crippen molar-refractivity contribution in [3.63, 3.8) is 0 Å². The number of carbonyl (C=O) groups excluding carboxylic acids is 1. The number of aliphatic carboxylic acids is 1. The zero-order chi connectivity index (χ0) is 15.9. The summed E-state index contributed by atoms with van der Waals surface area (Å²) in [5.41, 5.74) is 0.269. The van der Waals surface area contributed by atoms with Crippen LogP contribution in [0.15, 0.2) is 29.2 Å². The summed E-state index contributed by atoms with van der Waals surface area (Å²) in [5.74, 6) is -1.41. The SMILES string of the molecule is O=C(O)CCC(=O)c1ccc(S(=O)(=O)NCCCO)cc1. The van der Waals surface area contributed by atoms with Crippen LogP contribution in [0.4, 0.5) is 0 Å². The highest BCUT2D eigenvalue weighted by atomic mass is 32.2. The number of benzene rings is 1. The number of aliphatic hydroxyl groups excluding tert-OH is 1. The molecule has 0 amide bonds. The van der Waals surface area contributed by atoms with Crippen molar-refractivity contribution in [3.05, 3.63) is 29.8 Å². The van der Waals surface area contributed by atoms with Crippen molar-refractivity contribution in [1.29, 1.82) is 0 Å². The van der Waals surface area contributed by atoms with Crippen LogP contribution in [0.3, 0.4) is 0 Å². The fraction of sp³-hybridized carbons (Fsp3) is 0.385. The fourth-order valence-electron chi connectivity index (χ4n) is 1.55. The van der Waals surface area contributed by atoms with Gasteiger partial charge < -0.3 is 10.2 Å². The summed E-state index contributed by atoms with van der Waals surface area (Å²) in [6, 6.07) is 5.28. The molecule has 3 N–H and O–H groups in total. The van der Waals surface area contributed by atoms with Crippen molar-refractivity contribution < 1.29 is 28.2 Å². The molecule has 0 aliphatic heterocycles. The van der Waals surface area contributed by atoms with Gasteiger partial charge in [-0.25, -0.2) is 13.1 Å². The van der Waals surface area contributed by atoms with Gasteiger partial charge in [0.05, 0.1) is 11.3 Å². The Labute approximate surface area is 122 Å². The van der Waals surface area contributed by atoms with Crippen molar-refractivity contribution in [1.82, 2.24) is 4.72 Å². The molecule has 0 saturated heterocycles. The number of rotatable bonds is 9. The van der Waals surface area contributed by atoms with Gasteiger partial charge in [0.15, 0.2) is 5.78 Å². The van der Waals surface area contributed by atoms with E-state index in [2.05, 4.69) is 4.72 Å². The molecule has 0 atom stereocenters. The van der Waals surface area contributed by atoms with Crippen LogP contribution in [0.5, 0.6) is 0 Å². The largest absolute Gasteiger partial charge is 0.481 e. The van der Waals surface area contributed by atoms with E-state index in [0.29, 0.717) is 6.42 Å². The Hall–Kier alpha value is -1.77. The average Bonchev–Trinajstić information content (AvgIpc) is 2.45. The normalized spacial score (nSPS) is 11.3. The summed E-state index contributed by atoms with van der Waals surface area (Å²) < 4.78 is 26.0. The van der Waals surface area contributed by atoms with E-state index in [1.165, 1.54) is 24.3 Å². The maximum absolute atomic E-state index is 11.8. The number of aliphatic hydroxyl groups is 1. The van der Waals surface area contributed by atoms with Crippen LogP contribution in [0.25, 0.3) is 0 Å². The van der Waals surface area contributed by atoms with E-state index in [1.807, 2.05) is 0 Å². The Kier molecular flexibility index (Phi) is 6.47. The number of sulfonamides is 1. The monoisotopic (exact) mass is 315 g/mol. The van der Waals surface area contributed by atoms with Crippen LogP contribution in [0.1, 0.15) is 29.6 Å². The number of carbonyl (C=O) groups is 2. The summed E-state index contributed by atoms with van der Waals surface area (Å²) in [5, 5.41) is 17.1. The second-order valence-electron chi connectivity index (χ2n) is 4.32. The second kappa shape index (κ2) is 7.87. The summed E-state index contributed by atoms with van der Waals surface area (Å²) in [4.78, 5) is 22.1. The highest BCUT2D eigenvalue weighted by Crippen LogP contribution is 2.12. The van der Waals surface area contributed by atoms with Crippen LogP contribution in [-0.2, 0) is 14.8 Å². The molecule has 0 saturated carbocycles. The van der Waals surface area contributed by atoms with E-state index in [9.17, 15) is 18.0 Å². The van der Waals surface area contributed by atoms with E-state index in [1.54, 1.807) is 0 Å². The van der Waals surface area contributed by atoms with Crippen molar-refractivity contribution >= 4 is 21.8 Å². The molecule has 0 spiro atoms. The van der Waals surface area contributed by atoms with Crippen LogP contribution >= 0.6 is 0 Å². The smallest absolute Gasteiger partial charge is 0.303 e. The first-order valence-electron chi connectivity index (χ1n) is 6.32. The molecule has 1 aromatic rings. The molecule has 0 fully saturated rings. The molecule has 0 bridgehead atoms. The van der Waals surface area contributed by atoms with E-state index in [0.717, 1.165) is 0 Å². The van der Waals surface area contributed by atoms with E-state index >= 15 is 0 Å². The zero-order valence-corrected chi connectivity index (χ0v) is 12.1. The molecule has 116 valence electrons. The molecule has 0 aliphatic rings. The number of carboxylic acid groups (broad SMARTS) is 1. The Morgan fingerprint density at radius 1 is 1.10 bits per heavy atom. The first-order valence-corrected chi connectivity index (χ1v) is 7.80. The Morgan fingerprint density at radius 3 is 2.24 bits per heavy atom. The summed E-state index contributed by atoms with van der Waals surface area (Å²) in [6.45, 7) is 0.0116. The van der Waals surface area contributed by atoms with Gasteiger partial charge in [0.2, 0.25) is 10.0 Å². The molecule has 1 aromatic carbocycles. The lowest BCUT2D eigenvalue weighted by Gasteiger charge is -2.06. The molecule has 0 heterocycles. The molecule has 7 nitrogen and oxygen atoms in total. The fourth-order valence-corrected chi connectivity index (χ4v) is 2.63. The summed E-state index contributed by atoms with van der Waals surface area (Å²) in [6.07, 6.45) is -0.0806. The van der Waals surface area contributed by atoms with Gasteiger partial charge in [-0.15, -0.1) is 0 Å². The highest BCUT2D eigenvalue weighted by Gasteiger charge is 2.14. The Morgan fingerprint density at radius 2 is 1.71 bits per heavy atom. The number of nitrogens with one attached hydrogen (secondary N) is 1. The molecule has 21 heavy (non-hydrogen) atoms. The highest BCUT2D eigenvalue weighted by molar-refractivity contribution is 7.89. The van der Waals surface area contributed by atoms with E-state index in [4.69, 9.17) is 10.2 Å². The van der Waals surface area contributed by atoms with Crippen molar-refractivity contribution in [2.45, 2.75) is 24.2 Å². The first-order chi connectivity index (χ1) is 9.86. The van der Waals surface area contributed by atoms with Crippen LogP contribution in [0, 0.1) is 0 Å². The number of hydrogen-bond acceptors (Lipinski definition) is 5. The lowest BCUT2D eigenvalue weighted by atomic mass is 10.1. The first kappa shape index (κ1) is 17.3. The van der Waals surface area contributed by atoms with E-state index < -0.39 is 16.0 Å². The molecular weight excluding hydrogens is 298 g/mol. The third kappa shape index (κ3) is 5.62. The predicted molar refractivity (Wildman–Crippen MR) is 74.5 cm³/mol. The average molecular weight is 315 g/mol. The van der Waals surface area contributed by atoms with Gasteiger partial charge in [-0.3, -0.25) is 9.59 Å². The Bertz CT molecular complexity index is 594. The number of carboxylic acids is 1. The summed E-state index contributed by atoms with van der Waals surface area (Å²) >= 11 is 0. The lowest BCUT2D eigenvalue weighted by Crippen LogP contribution is -2.25. The molecule has 0 unspecified atom stereocenters. The minimum absolute atomic E-state index is 0.00947. The summed E-state index contributed by atoms with van der Waals surface area (Å²) in [7, 11) is -3.67. The van der Waals surface area contributed by atoms with Gasteiger partial charge in [-0.05, 0) is 18.6 Å². The van der Waals surface area contributed by atoms with Crippen LogP contribution in [0.2, 0.25) is 0 Å². The van der Waals surface area contributed by atoms with Gasteiger partial charge in [-0.1, -0.05) is 12.1 Å². The maximum Gasteiger partial charge on any atom is 0.303 e. The second-order valence-corrected chi connectivity index (χ2v) is 6.08. The van der Waals surface area contributed by atoms with Gasteiger partial charge in [0.25, 0.3) is 0 Å². The Balaban J connectivity index is 2.73. The number of Topliss-reactive ketones (excluding diaryl/α,β-unsaturated/α-hetero) is 1. The van der Waals surface area contributed by atoms with Crippen molar-refractivity contribution in [3.8, 4) is 0 Å². The molecule has 0 radical (unpaired) electrons. The maximum atomic E-state index is 11.8. The van der Waals surface area contributed by atoms with Gasteiger partial charge >= 0.3 is 5.97 Å². The van der Waals surface area contributed by atoms with Crippen molar-refractivity contribution in [2.24, 2.45) is 0 Å². The minimum Gasteiger partial charge on any atom is -0.481 e. The molecule has 1 rings (SSSR count). The molecule has 8 heteroatoms. The third-order valence-corrected chi connectivity index (χ3v) is 4.16. The van der Waals surface area contributed by atoms with Gasteiger partial charge in [-0.2, -0.15) is 0 Å². The quantitative estimate of drug-likeness (QED) is 0.448.